The van der Waals surface area contributed by atoms with Gasteiger partial charge in [-0.1, -0.05) is 23.7 Å². The minimum Gasteiger partial charge on any atom is -0.207 e. The molecule has 0 aromatic heterocycles. The standard InChI is InChI=1S/C14H12ClF2NO2S/c1-9(10-2-4-11(16)5-3-10)18-21(19,20)12-6-7-14(17)13(15)8-12/h2-9,18H,1H3/t9-/m0/s1. The number of benzene rings is 2. The fourth-order valence-corrected chi connectivity index (χ4v) is 3.27. The van der Waals surface area contributed by atoms with Crippen molar-refractivity contribution >= 4 is 21.6 Å². The number of hydrogen-bond acceptors (Lipinski definition) is 2. The molecule has 2 aromatic carbocycles. The quantitative estimate of drug-likeness (QED) is 0.929. The van der Waals surface area contributed by atoms with Crippen LogP contribution in [-0.4, -0.2) is 8.42 Å². The summed E-state index contributed by atoms with van der Waals surface area (Å²) in [6.45, 7) is 1.62. The molecule has 2 rings (SSSR count). The Morgan fingerprint density at radius 1 is 1.10 bits per heavy atom. The van der Waals surface area contributed by atoms with Gasteiger partial charge in [0.2, 0.25) is 10.0 Å². The summed E-state index contributed by atoms with van der Waals surface area (Å²) in [6, 6.07) is 8.04. The largest absolute Gasteiger partial charge is 0.241 e. The summed E-state index contributed by atoms with van der Waals surface area (Å²) >= 11 is 5.58. The Morgan fingerprint density at radius 3 is 2.29 bits per heavy atom. The van der Waals surface area contributed by atoms with Crippen LogP contribution in [0.2, 0.25) is 5.02 Å². The molecule has 0 bridgehead atoms. The van der Waals surface area contributed by atoms with Gasteiger partial charge in [-0.15, -0.1) is 0 Å². The molecule has 7 heteroatoms. The van der Waals surface area contributed by atoms with Crippen molar-refractivity contribution in [2.75, 3.05) is 0 Å². The second-order valence-electron chi connectivity index (χ2n) is 4.47. The molecule has 0 spiro atoms. The normalized spacial score (nSPS) is 13.1. The summed E-state index contributed by atoms with van der Waals surface area (Å²) in [5.41, 5.74) is 0.605. The van der Waals surface area contributed by atoms with Crippen molar-refractivity contribution in [1.82, 2.24) is 4.72 Å². The first-order chi connectivity index (χ1) is 9.79. The van der Waals surface area contributed by atoms with Crippen LogP contribution in [0.5, 0.6) is 0 Å². The van der Waals surface area contributed by atoms with Crippen LogP contribution in [0.3, 0.4) is 0 Å². The lowest BCUT2D eigenvalue weighted by atomic mass is 10.1. The molecule has 0 radical (unpaired) electrons. The fraction of sp³-hybridized carbons (Fsp3) is 0.143. The van der Waals surface area contributed by atoms with Crippen molar-refractivity contribution < 1.29 is 17.2 Å². The first-order valence-corrected chi connectivity index (χ1v) is 7.88. The van der Waals surface area contributed by atoms with E-state index in [1.165, 1.54) is 24.3 Å². The molecule has 112 valence electrons. The van der Waals surface area contributed by atoms with Crippen molar-refractivity contribution in [3.05, 3.63) is 64.7 Å². The molecule has 0 fully saturated rings. The minimum atomic E-state index is -3.85. The van der Waals surface area contributed by atoms with E-state index in [-0.39, 0.29) is 9.92 Å². The van der Waals surface area contributed by atoms with Gasteiger partial charge < -0.3 is 0 Å². The highest BCUT2D eigenvalue weighted by Crippen LogP contribution is 2.21. The smallest absolute Gasteiger partial charge is 0.207 e. The highest BCUT2D eigenvalue weighted by molar-refractivity contribution is 7.89. The maximum atomic E-state index is 13.1. The Kier molecular flexibility index (Phi) is 4.61. The second-order valence-corrected chi connectivity index (χ2v) is 6.59. The second kappa shape index (κ2) is 6.09. The Balaban J connectivity index is 2.24. The average molecular weight is 332 g/mol. The van der Waals surface area contributed by atoms with Gasteiger partial charge in [0, 0.05) is 6.04 Å². The summed E-state index contributed by atoms with van der Waals surface area (Å²) in [5, 5.41) is -0.271. The van der Waals surface area contributed by atoms with Gasteiger partial charge in [0.15, 0.2) is 0 Å². The van der Waals surface area contributed by atoms with Gasteiger partial charge in [0.1, 0.15) is 11.6 Å². The lowest BCUT2D eigenvalue weighted by molar-refractivity contribution is 0.565. The minimum absolute atomic E-state index is 0.136. The third-order valence-electron chi connectivity index (χ3n) is 2.90. The summed E-state index contributed by atoms with van der Waals surface area (Å²) in [4.78, 5) is -0.136. The van der Waals surface area contributed by atoms with Gasteiger partial charge >= 0.3 is 0 Å². The van der Waals surface area contributed by atoms with E-state index < -0.39 is 27.7 Å². The molecule has 0 heterocycles. The first kappa shape index (κ1) is 15.9. The third-order valence-corrected chi connectivity index (χ3v) is 4.73. The van der Waals surface area contributed by atoms with Gasteiger partial charge in [-0.2, -0.15) is 0 Å². The summed E-state index contributed by atoms with van der Waals surface area (Å²) in [5.74, 6) is -1.10. The zero-order valence-corrected chi connectivity index (χ0v) is 12.5. The van der Waals surface area contributed by atoms with E-state index in [1.54, 1.807) is 6.92 Å². The molecular formula is C14H12ClF2NO2S. The molecule has 0 amide bonds. The van der Waals surface area contributed by atoms with Crippen molar-refractivity contribution in [2.45, 2.75) is 17.9 Å². The van der Waals surface area contributed by atoms with Crippen molar-refractivity contribution in [3.8, 4) is 0 Å². The van der Waals surface area contributed by atoms with Crippen LogP contribution in [-0.2, 0) is 10.0 Å². The van der Waals surface area contributed by atoms with Crippen LogP contribution in [0.1, 0.15) is 18.5 Å². The third kappa shape index (κ3) is 3.78. The fourth-order valence-electron chi connectivity index (χ4n) is 1.76. The molecule has 1 atom stereocenters. The number of rotatable bonds is 4. The topological polar surface area (TPSA) is 46.2 Å². The van der Waals surface area contributed by atoms with Gasteiger partial charge in [0.25, 0.3) is 0 Å². The number of nitrogens with one attached hydrogen (secondary N) is 1. The lowest BCUT2D eigenvalue weighted by Crippen LogP contribution is -2.26. The summed E-state index contributed by atoms with van der Waals surface area (Å²) in [6.07, 6.45) is 0. The Labute approximate surface area is 126 Å². The van der Waals surface area contributed by atoms with Crippen molar-refractivity contribution in [1.29, 1.82) is 0 Å². The first-order valence-electron chi connectivity index (χ1n) is 6.02. The Morgan fingerprint density at radius 2 is 1.71 bits per heavy atom. The van der Waals surface area contributed by atoms with Gasteiger partial charge in [-0.3, -0.25) is 0 Å². The van der Waals surface area contributed by atoms with Crippen LogP contribution < -0.4 is 4.72 Å². The van der Waals surface area contributed by atoms with Gasteiger partial charge in [0.05, 0.1) is 9.92 Å². The Hall–Kier alpha value is -1.50. The average Bonchev–Trinajstić information content (AvgIpc) is 2.42. The van der Waals surface area contributed by atoms with Crippen molar-refractivity contribution in [2.24, 2.45) is 0 Å². The van der Waals surface area contributed by atoms with E-state index in [2.05, 4.69) is 4.72 Å². The lowest BCUT2D eigenvalue weighted by Gasteiger charge is -2.15. The van der Waals surface area contributed by atoms with Gasteiger partial charge in [-0.05, 0) is 42.8 Å². The molecule has 0 unspecified atom stereocenters. The SMILES string of the molecule is C[C@H](NS(=O)(=O)c1ccc(F)c(Cl)c1)c1ccc(F)cc1. The monoisotopic (exact) mass is 331 g/mol. The van der Waals surface area contributed by atoms with E-state index in [0.717, 1.165) is 18.2 Å². The summed E-state index contributed by atoms with van der Waals surface area (Å²) < 4.78 is 52.7. The van der Waals surface area contributed by atoms with Crippen LogP contribution in [0.4, 0.5) is 8.78 Å². The van der Waals surface area contributed by atoms with E-state index >= 15 is 0 Å². The molecule has 3 nitrogen and oxygen atoms in total. The molecule has 2 aromatic rings. The maximum absolute atomic E-state index is 13.1. The van der Waals surface area contributed by atoms with Gasteiger partial charge in [-0.25, -0.2) is 21.9 Å². The van der Waals surface area contributed by atoms with E-state index in [9.17, 15) is 17.2 Å². The number of halogens is 3. The van der Waals surface area contributed by atoms with Crippen LogP contribution in [0.25, 0.3) is 0 Å². The number of hydrogen-bond donors (Lipinski definition) is 1. The number of sulfonamides is 1. The highest BCUT2D eigenvalue weighted by atomic mass is 35.5. The molecule has 0 aliphatic rings. The molecule has 1 N–H and O–H groups in total. The molecule has 0 saturated carbocycles. The predicted molar refractivity (Wildman–Crippen MR) is 76.5 cm³/mol. The van der Waals surface area contributed by atoms with Crippen LogP contribution in [0.15, 0.2) is 47.4 Å². The maximum Gasteiger partial charge on any atom is 0.241 e. The molecule has 0 aliphatic carbocycles. The van der Waals surface area contributed by atoms with Crippen LogP contribution in [0, 0.1) is 11.6 Å². The highest BCUT2D eigenvalue weighted by Gasteiger charge is 2.19. The molecule has 0 saturated heterocycles. The van der Waals surface area contributed by atoms with E-state index in [1.807, 2.05) is 0 Å². The summed E-state index contributed by atoms with van der Waals surface area (Å²) in [7, 11) is -3.85. The van der Waals surface area contributed by atoms with E-state index in [4.69, 9.17) is 11.6 Å². The predicted octanol–water partition coefficient (Wildman–Crippen LogP) is 3.66. The van der Waals surface area contributed by atoms with Crippen LogP contribution >= 0.6 is 11.6 Å². The Bertz CT molecular complexity index is 748. The zero-order valence-electron chi connectivity index (χ0n) is 11.0. The zero-order chi connectivity index (χ0) is 15.6. The van der Waals surface area contributed by atoms with E-state index in [0.29, 0.717) is 5.56 Å². The molecule has 21 heavy (non-hydrogen) atoms. The van der Waals surface area contributed by atoms with Crippen molar-refractivity contribution in [3.63, 3.8) is 0 Å². The molecule has 0 aliphatic heterocycles. The molecular weight excluding hydrogens is 320 g/mol.